The number of nitrogens with zero attached hydrogens (tertiary/aromatic N) is 4. The highest BCUT2D eigenvalue weighted by Crippen LogP contribution is 2.25. The van der Waals surface area contributed by atoms with Crippen molar-refractivity contribution in [1.82, 2.24) is 24.9 Å². The molecule has 0 aromatic carbocycles. The molecule has 1 saturated carbocycles. The Morgan fingerprint density at radius 1 is 1.36 bits per heavy atom. The fraction of sp³-hybridized carbons (Fsp3) is 0.500. The highest BCUT2D eigenvalue weighted by atomic mass is 16.5. The number of anilines is 1. The van der Waals surface area contributed by atoms with E-state index in [9.17, 15) is 4.79 Å². The molecular weight excluding hydrogens is 284 g/mol. The lowest BCUT2D eigenvalue weighted by atomic mass is 10.2. The summed E-state index contributed by atoms with van der Waals surface area (Å²) in [7, 11) is 3.54. The van der Waals surface area contributed by atoms with Crippen molar-refractivity contribution in [3.05, 3.63) is 24.2 Å². The number of nitrogen functional groups attached to an aromatic ring is 1. The van der Waals surface area contributed by atoms with Crippen molar-refractivity contribution in [2.45, 2.75) is 31.4 Å². The fourth-order valence-electron chi connectivity index (χ4n) is 2.73. The average Bonchev–Trinajstić information content (AvgIpc) is 3.16. The van der Waals surface area contributed by atoms with Crippen molar-refractivity contribution >= 4 is 11.7 Å². The third kappa shape index (κ3) is 2.76. The molecule has 0 saturated heterocycles. The van der Waals surface area contributed by atoms with Gasteiger partial charge in [-0.15, -0.1) is 0 Å². The third-order valence-corrected chi connectivity index (χ3v) is 3.97. The topological polar surface area (TPSA) is 100.0 Å². The number of carbonyl (C=O) groups is 1. The van der Waals surface area contributed by atoms with E-state index in [2.05, 4.69) is 15.5 Å². The molecule has 3 rings (SSSR count). The third-order valence-electron chi connectivity index (χ3n) is 3.97. The van der Waals surface area contributed by atoms with Crippen LogP contribution in [0.2, 0.25) is 0 Å². The molecule has 2 aromatic rings. The van der Waals surface area contributed by atoms with Gasteiger partial charge >= 0.3 is 0 Å². The van der Waals surface area contributed by atoms with Crippen LogP contribution < -0.4 is 15.8 Å². The molecule has 118 valence electrons. The number of nitrogens with one attached hydrogen (secondary N) is 1. The van der Waals surface area contributed by atoms with Gasteiger partial charge in [-0.3, -0.25) is 14.2 Å². The number of rotatable bonds is 4. The Bertz CT molecular complexity index is 677. The first-order valence-electron chi connectivity index (χ1n) is 7.28. The highest BCUT2D eigenvalue weighted by molar-refractivity contribution is 5.98. The zero-order valence-corrected chi connectivity index (χ0v) is 12.7. The predicted octanol–water partition coefficient (Wildman–Crippen LogP) is 0.466. The van der Waals surface area contributed by atoms with E-state index < -0.39 is 0 Å². The molecular formula is C14H20N6O2. The molecule has 22 heavy (non-hydrogen) atoms. The summed E-state index contributed by atoms with van der Waals surface area (Å²) in [4.78, 5) is 12.3. The van der Waals surface area contributed by atoms with Crippen LogP contribution in [0.1, 0.15) is 29.6 Å². The molecule has 1 fully saturated rings. The maximum Gasteiger partial charge on any atom is 0.257 e. The first-order chi connectivity index (χ1) is 10.5. The zero-order chi connectivity index (χ0) is 15.7. The first kappa shape index (κ1) is 14.4. The number of amides is 1. The van der Waals surface area contributed by atoms with Crippen LogP contribution in [0.15, 0.2) is 18.6 Å². The van der Waals surface area contributed by atoms with Gasteiger partial charge in [0.15, 0.2) is 5.75 Å². The van der Waals surface area contributed by atoms with Crippen molar-refractivity contribution in [3.63, 3.8) is 0 Å². The molecule has 2 heterocycles. The SMILES string of the molecule is Cn1cc(O[C@@H]2CCC[C@@H]2NC(=O)c2cnn(C)c2N)cn1. The van der Waals surface area contributed by atoms with Gasteiger partial charge in [0.2, 0.25) is 0 Å². The van der Waals surface area contributed by atoms with Crippen LogP contribution in [0, 0.1) is 0 Å². The Morgan fingerprint density at radius 2 is 2.18 bits per heavy atom. The summed E-state index contributed by atoms with van der Waals surface area (Å²) in [5.74, 6) is 0.868. The minimum atomic E-state index is -0.211. The lowest BCUT2D eigenvalue weighted by Crippen LogP contribution is -2.42. The Kier molecular flexibility index (Phi) is 3.74. The maximum atomic E-state index is 12.3. The molecule has 0 aliphatic heterocycles. The molecule has 0 spiro atoms. The molecule has 0 bridgehead atoms. The van der Waals surface area contributed by atoms with Gasteiger partial charge in [0.1, 0.15) is 17.5 Å². The average molecular weight is 304 g/mol. The van der Waals surface area contributed by atoms with Gasteiger partial charge in [-0.05, 0) is 19.3 Å². The summed E-state index contributed by atoms with van der Waals surface area (Å²) in [6, 6.07) is -0.0349. The molecule has 8 heteroatoms. The Balaban J connectivity index is 1.66. The van der Waals surface area contributed by atoms with E-state index >= 15 is 0 Å². The van der Waals surface area contributed by atoms with E-state index in [0.717, 1.165) is 25.0 Å². The monoisotopic (exact) mass is 304 g/mol. The first-order valence-corrected chi connectivity index (χ1v) is 7.28. The van der Waals surface area contributed by atoms with E-state index in [1.54, 1.807) is 17.9 Å². The van der Waals surface area contributed by atoms with Crippen LogP contribution in [-0.4, -0.2) is 37.6 Å². The van der Waals surface area contributed by atoms with Gasteiger partial charge in [0.25, 0.3) is 5.91 Å². The van der Waals surface area contributed by atoms with Gasteiger partial charge in [0.05, 0.1) is 24.6 Å². The quantitative estimate of drug-likeness (QED) is 0.855. The second kappa shape index (κ2) is 5.70. The minimum Gasteiger partial charge on any atom is -0.485 e. The molecule has 1 amide bonds. The number of carbonyl (C=O) groups excluding carboxylic acids is 1. The molecule has 1 aliphatic carbocycles. The van der Waals surface area contributed by atoms with Crippen LogP contribution in [0.4, 0.5) is 5.82 Å². The maximum absolute atomic E-state index is 12.3. The van der Waals surface area contributed by atoms with Crippen molar-refractivity contribution in [2.75, 3.05) is 5.73 Å². The summed E-state index contributed by atoms with van der Waals surface area (Å²) in [6.45, 7) is 0. The van der Waals surface area contributed by atoms with Gasteiger partial charge in [-0.25, -0.2) is 0 Å². The molecule has 2 aromatic heterocycles. The summed E-state index contributed by atoms with van der Waals surface area (Å²) in [5.41, 5.74) is 6.23. The Morgan fingerprint density at radius 3 is 2.82 bits per heavy atom. The molecule has 0 unspecified atom stereocenters. The van der Waals surface area contributed by atoms with Crippen LogP contribution in [-0.2, 0) is 14.1 Å². The smallest absolute Gasteiger partial charge is 0.257 e. The number of hydrogen-bond donors (Lipinski definition) is 2. The van der Waals surface area contributed by atoms with Gasteiger partial charge in [-0.1, -0.05) is 0 Å². The number of nitrogens with two attached hydrogens (primary N) is 1. The van der Waals surface area contributed by atoms with Crippen molar-refractivity contribution in [1.29, 1.82) is 0 Å². The van der Waals surface area contributed by atoms with Crippen LogP contribution >= 0.6 is 0 Å². The van der Waals surface area contributed by atoms with Gasteiger partial charge in [0, 0.05) is 14.1 Å². The number of hydrogen-bond acceptors (Lipinski definition) is 5. The molecule has 0 radical (unpaired) electrons. The molecule has 3 N–H and O–H groups in total. The summed E-state index contributed by atoms with van der Waals surface area (Å²) in [6.07, 6.45) is 7.73. The molecule has 8 nitrogen and oxygen atoms in total. The lowest BCUT2D eigenvalue weighted by molar-refractivity contribution is 0.0895. The second-order valence-electron chi connectivity index (χ2n) is 5.58. The van der Waals surface area contributed by atoms with Crippen molar-refractivity contribution < 1.29 is 9.53 Å². The molecule has 2 atom stereocenters. The predicted molar refractivity (Wildman–Crippen MR) is 80.3 cm³/mol. The number of aromatic nitrogens is 4. The summed E-state index contributed by atoms with van der Waals surface area (Å²) in [5, 5.41) is 11.1. The van der Waals surface area contributed by atoms with Gasteiger partial charge < -0.3 is 15.8 Å². The fourth-order valence-corrected chi connectivity index (χ4v) is 2.73. The van der Waals surface area contributed by atoms with E-state index in [1.807, 2.05) is 13.2 Å². The van der Waals surface area contributed by atoms with Crippen LogP contribution in [0.5, 0.6) is 5.75 Å². The summed E-state index contributed by atoms with van der Waals surface area (Å²) < 4.78 is 9.10. The van der Waals surface area contributed by atoms with Crippen molar-refractivity contribution in [2.24, 2.45) is 14.1 Å². The van der Waals surface area contributed by atoms with E-state index in [0.29, 0.717) is 11.4 Å². The minimum absolute atomic E-state index is 0.0349. The summed E-state index contributed by atoms with van der Waals surface area (Å²) >= 11 is 0. The normalized spacial score (nSPS) is 21.0. The van der Waals surface area contributed by atoms with E-state index in [4.69, 9.17) is 10.5 Å². The second-order valence-corrected chi connectivity index (χ2v) is 5.58. The number of aryl methyl sites for hydroxylation is 2. The molecule has 1 aliphatic rings. The Labute approximate surface area is 128 Å². The van der Waals surface area contributed by atoms with Crippen LogP contribution in [0.25, 0.3) is 0 Å². The van der Waals surface area contributed by atoms with E-state index in [-0.39, 0.29) is 18.1 Å². The standard InChI is InChI=1S/C14H20N6O2/c1-19-8-9(6-16-19)22-12-5-3-4-11(12)18-14(21)10-7-17-20(2)13(10)15/h6-8,11-12H,3-5,15H2,1-2H3,(H,18,21)/t11-,12+/m0/s1. The van der Waals surface area contributed by atoms with E-state index in [1.165, 1.54) is 10.9 Å². The number of ether oxygens (including phenoxy) is 1. The lowest BCUT2D eigenvalue weighted by Gasteiger charge is -2.21. The van der Waals surface area contributed by atoms with Crippen LogP contribution in [0.3, 0.4) is 0 Å². The Hall–Kier alpha value is -2.51. The van der Waals surface area contributed by atoms with Gasteiger partial charge in [-0.2, -0.15) is 10.2 Å². The highest BCUT2D eigenvalue weighted by Gasteiger charge is 2.31. The largest absolute Gasteiger partial charge is 0.485 e. The van der Waals surface area contributed by atoms with Crippen molar-refractivity contribution in [3.8, 4) is 5.75 Å². The zero-order valence-electron chi connectivity index (χ0n) is 12.7.